The third-order valence-electron chi connectivity index (χ3n) is 5.04. The van der Waals surface area contributed by atoms with Gasteiger partial charge in [-0.15, -0.1) is 0 Å². The zero-order valence-electron chi connectivity index (χ0n) is 11.8. The summed E-state index contributed by atoms with van der Waals surface area (Å²) in [6.45, 7) is 4.83. The minimum atomic E-state index is -3.49. The first-order valence-corrected chi connectivity index (χ1v) is 8.30. The molecule has 1 heterocycles. The topological polar surface area (TPSA) is 54.5 Å². The van der Waals surface area contributed by atoms with Crippen LogP contribution in [0.15, 0.2) is 29.2 Å². The fourth-order valence-electron chi connectivity index (χ4n) is 3.29. The van der Waals surface area contributed by atoms with Crippen LogP contribution in [0, 0.1) is 17.8 Å². The molecule has 2 fully saturated rings. The van der Waals surface area contributed by atoms with E-state index in [-0.39, 0.29) is 5.41 Å². The molecule has 1 aromatic carbocycles. The van der Waals surface area contributed by atoms with Gasteiger partial charge in [0.15, 0.2) is 0 Å². The van der Waals surface area contributed by atoms with Gasteiger partial charge >= 0.3 is 0 Å². The summed E-state index contributed by atoms with van der Waals surface area (Å²) in [4.78, 5) is 11.7. The quantitative estimate of drug-likeness (QED) is 0.801. The summed E-state index contributed by atoms with van der Waals surface area (Å²) in [6.07, 6.45) is 2.53. The van der Waals surface area contributed by atoms with Gasteiger partial charge in [-0.1, -0.05) is 24.6 Å². The van der Waals surface area contributed by atoms with Gasteiger partial charge in [0.1, 0.15) is 6.29 Å². The van der Waals surface area contributed by atoms with Gasteiger partial charge in [0, 0.05) is 18.5 Å². The Morgan fingerprint density at radius 1 is 1.25 bits per heavy atom. The van der Waals surface area contributed by atoms with Crippen molar-refractivity contribution < 1.29 is 13.2 Å². The molecule has 1 aromatic rings. The van der Waals surface area contributed by atoms with E-state index in [1.54, 1.807) is 24.3 Å². The molecule has 5 heteroatoms. The lowest BCUT2D eigenvalue weighted by atomic mass is 9.89. The molecular weight excluding hydrogens is 274 g/mol. The van der Waals surface area contributed by atoms with Crippen LogP contribution >= 0.6 is 0 Å². The largest absolute Gasteiger partial charge is 0.303 e. The molecule has 2 atom stereocenters. The number of benzene rings is 1. The van der Waals surface area contributed by atoms with Crippen LogP contribution in [0.5, 0.6) is 0 Å². The Hall–Kier alpha value is -1.20. The zero-order valence-corrected chi connectivity index (χ0v) is 12.6. The Bertz CT molecular complexity index is 652. The highest BCUT2D eigenvalue weighted by Gasteiger charge is 2.67. The molecule has 2 aliphatic rings. The molecule has 0 bridgehead atoms. The van der Waals surface area contributed by atoms with Crippen LogP contribution in [0.3, 0.4) is 0 Å². The van der Waals surface area contributed by atoms with Crippen molar-refractivity contribution >= 4 is 16.3 Å². The molecule has 4 nitrogen and oxygen atoms in total. The second-order valence-corrected chi connectivity index (χ2v) is 8.35. The van der Waals surface area contributed by atoms with E-state index in [1.807, 2.05) is 6.92 Å². The lowest BCUT2D eigenvalue weighted by Crippen LogP contribution is -2.43. The van der Waals surface area contributed by atoms with Crippen molar-refractivity contribution in [3.63, 3.8) is 0 Å². The monoisotopic (exact) mass is 293 g/mol. The van der Waals surface area contributed by atoms with Crippen molar-refractivity contribution in [2.75, 3.05) is 13.1 Å². The lowest BCUT2D eigenvalue weighted by Gasteiger charge is -2.33. The number of sulfonamides is 1. The molecule has 0 spiro atoms. The van der Waals surface area contributed by atoms with Gasteiger partial charge in [-0.25, -0.2) is 8.42 Å². The Kier molecular flexibility index (Phi) is 2.86. The van der Waals surface area contributed by atoms with E-state index >= 15 is 0 Å². The summed E-state index contributed by atoms with van der Waals surface area (Å²) < 4.78 is 26.7. The number of aryl methyl sites for hydroxylation is 1. The average molecular weight is 293 g/mol. The van der Waals surface area contributed by atoms with E-state index in [9.17, 15) is 13.2 Å². The summed E-state index contributed by atoms with van der Waals surface area (Å²) in [7, 11) is -3.49. The molecular formula is C15H19NO3S. The number of rotatable bonds is 3. The molecule has 0 unspecified atom stereocenters. The minimum absolute atomic E-state index is 0.00798. The number of nitrogens with zero attached hydrogens (tertiary/aromatic N) is 1. The molecule has 108 valence electrons. The van der Waals surface area contributed by atoms with Crippen LogP contribution in [0.1, 0.15) is 25.3 Å². The number of hydrogen-bond acceptors (Lipinski definition) is 3. The molecule has 1 aliphatic heterocycles. The van der Waals surface area contributed by atoms with Crippen molar-refractivity contribution in [2.24, 2.45) is 10.8 Å². The van der Waals surface area contributed by atoms with E-state index in [1.165, 1.54) is 4.31 Å². The average Bonchev–Trinajstić information content (AvgIpc) is 3.05. The van der Waals surface area contributed by atoms with Crippen LogP contribution < -0.4 is 0 Å². The number of carbonyl (C=O) groups is 1. The Morgan fingerprint density at radius 2 is 1.90 bits per heavy atom. The van der Waals surface area contributed by atoms with Crippen LogP contribution in [0.25, 0.3) is 0 Å². The SMILES string of the molecule is Cc1ccc(S(=O)(=O)N2CC[C@]3(C)C[C@]3(C=O)C2)cc1. The normalized spacial score (nSPS) is 33.5. The van der Waals surface area contributed by atoms with Crippen LogP contribution in [0.2, 0.25) is 0 Å². The van der Waals surface area contributed by atoms with Crippen LogP contribution in [-0.4, -0.2) is 32.1 Å². The van der Waals surface area contributed by atoms with Crippen molar-refractivity contribution in [1.82, 2.24) is 4.31 Å². The summed E-state index contributed by atoms with van der Waals surface area (Å²) in [5.74, 6) is 0. The summed E-state index contributed by atoms with van der Waals surface area (Å²) in [5.41, 5.74) is 0.582. The third kappa shape index (κ3) is 1.84. The van der Waals surface area contributed by atoms with E-state index in [4.69, 9.17) is 0 Å². The predicted octanol–water partition coefficient (Wildman–Crippen LogP) is 1.98. The highest BCUT2D eigenvalue weighted by molar-refractivity contribution is 7.89. The van der Waals surface area contributed by atoms with E-state index in [0.29, 0.717) is 18.0 Å². The first-order chi connectivity index (χ1) is 9.33. The van der Waals surface area contributed by atoms with Gasteiger partial charge in [-0.2, -0.15) is 4.31 Å². The molecule has 0 amide bonds. The smallest absolute Gasteiger partial charge is 0.243 e. The predicted molar refractivity (Wildman–Crippen MR) is 75.8 cm³/mol. The van der Waals surface area contributed by atoms with Crippen LogP contribution in [0.4, 0.5) is 0 Å². The summed E-state index contributed by atoms with van der Waals surface area (Å²) in [6, 6.07) is 6.87. The third-order valence-corrected chi connectivity index (χ3v) is 6.90. The van der Waals surface area contributed by atoms with Crippen molar-refractivity contribution in [2.45, 2.75) is 31.6 Å². The summed E-state index contributed by atoms with van der Waals surface area (Å²) >= 11 is 0. The first-order valence-electron chi connectivity index (χ1n) is 6.86. The summed E-state index contributed by atoms with van der Waals surface area (Å²) in [5, 5.41) is 0. The number of hydrogen-bond donors (Lipinski definition) is 0. The molecule has 0 aromatic heterocycles. The van der Waals surface area contributed by atoms with Crippen molar-refractivity contribution in [1.29, 1.82) is 0 Å². The maximum absolute atomic E-state index is 12.6. The number of piperidine rings is 1. The molecule has 0 radical (unpaired) electrons. The molecule has 0 N–H and O–H groups in total. The Labute approximate surface area is 119 Å². The minimum Gasteiger partial charge on any atom is -0.303 e. The highest BCUT2D eigenvalue weighted by atomic mass is 32.2. The van der Waals surface area contributed by atoms with E-state index in [2.05, 4.69) is 6.92 Å². The van der Waals surface area contributed by atoms with Gasteiger partial charge < -0.3 is 4.79 Å². The number of carbonyl (C=O) groups excluding carboxylic acids is 1. The van der Waals surface area contributed by atoms with Gasteiger partial charge in [0.25, 0.3) is 0 Å². The first kappa shape index (κ1) is 13.8. The highest BCUT2D eigenvalue weighted by Crippen LogP contribution is 2.66. The Balaban J connectivity index is 1.90. The number of aldehydes is 1. The van der Waals surface area contributed by atoms with Crippen molar-refractivity contribution in [3.8, 4) is 0 Å². The second-order valence-electron chi connectivity index (χ2n) is 6.41. The lowest BCUT2D eigenvalue weighted by molar-refractivity contribution is -0.114. The van der Waals surface area contributed by atoms with E-state index < -0.39 is 15.4 Å². The molecule has 1 saturated carbocycles. The van der Waals surface area contributed by atoms with Gasteiger partial charge in [-0.3, -0.25) is 0 Å². The van der Waals surface area contributed by atoms with Gasteiger partial charge in [0.05, 0.1) is 4.90 Å². The maximum atomic E-state index is 12.6. The molecule has 1 saturated heterocycles. The maximum Gasteiger partial charge on any atom is 0.243 e. The van der Waals surface area contributed by atoms with Crippen molar-refractivity contribution in [3.05, 3.63) is 29.8 Å². The van der Waals surface area contributed by atoms with Gasteiger partial charge in [-0.05, 0) is 37.3 Å². The molecule has 20 heavy (non-hydrogen) atoms. The zero-order chi connectivity index (χ0) is 14.6. The van der Waals surface area contributed by atoms with E-state index in [0.717, 1.165) is 24.7 Å². The van der Waals surface area contributed by atoms with Gasteiger partial charge in [0.2, 0.25) is 10.0 Å². The van der Waals surface area contributed by atoms with Crippen LogP contribution in [-0.2, 0) is 14.8 Å². The standard InChI is InChI=1S/C15H19NO3S/c1-12-3-5-13(6-4-12)20(18,19)16-8-7-14(2)9-15(14,10-16)11-17/h3-6,11H,7-10H2,1-2H3/t14-,15-/m1/s1. The molecule has 1 aliphatic carbocycles. The number of fused-ring (bicyclic) bond motifs is 1. The Morgan fingerprint density at radius 3 is 2.50 bits per heavy atom. The molecule has 3 rings (SSSR count). The fourth-order valence-corrected chi connectivity index (χ4v) is 4.80. The fraction of sp³-hybridized carbons (Fsp3) is 0.533. The second kappa shape index (κ2) is 4.15.